The molecule has 0 saturated carbocycles. The van der Waals surface area contributed by atoms with E-state index in [2.05, 4.69) is 12.2 Å². The Bertz CT molecular complexity index is 778. The second-order valence-corrected chi connectivity index (χ2v) is 7.60. The van der Waals surface area contributed by atoms with Gasteiger partial charge in [0.05, 0.1) is 10.9 Å². The van der Waals surface area contributed by atoms with Gasteiger partial charge in [0, 0.05) is 11.8 Å². The number of amides is 1. The van der Waals surface area contributed by atoms with E-state index in [1.165, 1.54) is 11.8 Å². The largest absolute Gasteiger partial charge is 0.346 e. The van der Waals surface area contributed by atoms with Crippen LogP contribution in [0.2, 0.25) is 0 Å². The lowest BCUT2D eigenvalue weighted by atomic mass is 10.1. The van der Waals surface area contributed by atoms with Gasteiger partial charge in [-0.3, -0.25) is 4.79 Å². The third-order valence-corrected chi connectivity index (χ3v) is 4.91. The van der Waals surface area contributed by atoms with Gasteiger partial charge in [0.1, 0.15) is 0 Å². The monoisotopic (exact) mass is 331 g/mol. The van der Waals surface area contributed by atoms with E-state index in [1.54, 1.807) is 24.3 Å². The SMILES string of the molecule is CCc1ccc(C(=O)N[C@@H](C)c2ccc(S(C)(=O)=O)cc2)cc1. The summed E-state index contributed by atoms with van der Waals surface area (Å²) < 4.78 is 22.9. The standard InChI is InChI=1S/C18H21NO3S/c1-4-14-5-7-16(8-6-14)18(20)19-13(2)15-9-11-17(12-10-15)23(3,21)22/h5-13H,4H2,1-3H3,(H,19,20)/t13-/m0/s1. The number of benzene rings is 2. The van der Waals surface area contributed by atoms with Crippen LogP contribution < -0.4 is 5.32 Å². The molecule has 0 aliphatic heterocycles. The molecule has 0 spiro atoms. The van der Waals surface area contributed by atoms with Crippen molar-refractivity contribution in [2.24, 2.45) is 0 Å². The number of sulfone groups is 1. The van der Waals surface area contributed by atoms with Crippen LogP contribution in [0.4, 0.5) is 0 Å². The number of aryl methyl sites for hydroxylation is 1. The first kappa shape index (κ1) is 17.2. The second-order valence-electron chi connectivity index (χ2n) is 5.59. The van der Waals surface area contributed by atoms with Crippen molar-refractivity contribution in [3.05, 3.63) is 65.2 Å². The predicted octanol–water partition coefficient (Wildman–Crippen LogP) is 3.14. The first-order valence-electron chi connectivity index (χ1n) is 7.51. The van der Waals surface area contributed by atoms with Crippen LogP contribution in [0.25, 0.3) is 0 Å². The first-order chi connectivity index (χ1) is 10.8. The van der Waals surface area contributed by atoms with Crippen molar-refractivity contribution in [2.45, 2.75) is 31.2 Å². The molecule has 0 radical (unpaired) electrons. The maximum absolute atomic E-state index is 12.2. The summed E-state index contributed by atoms with van der Waals surface area (Å²) in [6.45, 7) is 3.94. The molecule has 1 N–H and O–H groups in total. The molecule has 0 aliphatic carbocycles. The van der Waals surface area contributed by atoms with Gasteiger partial charge in [-0.05, 0) is 48.7 Å². The van der Waals surface area contributed by atoms with Gasteiger partial charge in [0.2, 0.25) is 0 Å². The Morgan fingerprint density at radius 3 is 2.09 bits per heavy atom. The number of carbonyl (C=O) groups is 1. The molecule has 5 heteroatoms. The van der Waals surface area contributed by atoms with Crippen molar-refractivity contribution in [2.75, 3.05) is 6.26 Å². The minimum Gasteiger partial charge on any atom is -0.346 e. The van der Waals surface area contributed by atoms with E-state index in [9.17, 15) is 13.2 Å². The van der Waals surface area contributed by atoms with Crippen molar-refractivity contribution in [3.8, 4) is 0 Å². The molecular weight excluding hydrogens is 310 g/mol. The molecular formula is C18H21NO3S. The van der Waals surface area contributed by atoms with Crippen molar-refractivity contribution in [3.63, 3.8) is 0 Å². The van der Waals surface area contributed by atoms with Gasteiger partial charge >= 0.3 is 0 Å². The maximum Gasteiger partial charge on any atom is 0.251 e. The summed E-state index contributed by atoms with van der Waals surface area (Å²) in [6.07, 6.45) is 2.11. The fraction of sp³-hybridized carbons (Fsp3) is 0.278. The van der Waals surface area contributed by atoms with E-state index in [0.717, 1.165) is 12.0 Å². The quantitative estimate of drug-likeness (QED) is 0.915. The highest BCUT2D eigenvalue weighted by Gasteiger charge is 2.13. The van der Waals surface area contributed by atoms with Crippen LogP contribution in [0.5, 0.6) is 0 Å². The van der Waals surface area contributed by atoms with E-state index in [-0.39, 0.29) is 16.8 Å². The minimum atomic E-state index is -3.21. The topological polar surface area (TPSA) is 63.2 Å². The van der Waals surface area contributed by atoms with Gasteiger partial charge in [-0.1, -0.05) is 31.2 Å². The highest BCUT2D eigenvalue weighted by molar-refractivity contribution is 7.90. The van der Waals surface area contributed by atoms with E-state index in [4.69, 9.17) is 0 Å². The number of rotatable bonds is 5. The zero-order valence-corrected chi connectivity index (χ0v) is 14.4. The van der Waals surface area contributed by atoms with E-state index >= 15 is 0 Å². The normalized spacial score (nSPS) is 12.7. The zero-order valence-electron chi connectivity index (χ0n) is 13.5. The van der Waals surface area contributed by atoms with Gasteiger partial charge in [0.15, 0.2) is 9.84 Å². The van der Waals surface area contributed by atoms with Crippen LogP contribution in [0, 0.1) is 0 Å². The molecule has 0 heterocycles. The maximum atomic E-state index is 12.2. The van der Waals surface area contributed by atoms with Crippen molar-refractivity contribution in [1.82, 2.24) is 5.32 Å². The van der Waals surface area contributed by atoms with Crippen LogP contribution in [0.15, 0.2) is 53.4 Å². The second kappa shape index (κ2) is 6.96. The Morgan fingerprint density at radius 2 is 1.61 bits per heavy atom. The smallest absolute Gasteiger partial charge is 0.251 e. The molecule has 1 atom stereocenters. The molecule has 23 heavy (non-hydrogen) atoms. The molecule has 0 unspecified atom stereocenters. The molecule has 0 fully saturated rings. The summed E-state index contributed by atoms with van der Waals surface area (Å²) >= 11 is 0. The first-order valence-corrected chi connectivity index (χ1v) is 9.40. The molecule has 1 amide bonds. The Morgan fingerprint density at radius 1 is 1.04 bits per heavy atom. The number of hydrogen-bond acceptors (Lipinski definition) is 3. The Balaban J connectivity index is 2.08. The van der Waals surface area contributed by atoms with Gasteiger partial charge < -0.3 is 5.32 Å². The molecule has 0 aliphatic rings. The summed E-state index contributed by atoms with van der Waals surface area (Å²) in [4.78, 5) is 12.5. The highest BCUT2D eigenvalue weighted by Crippen LogP contribution is 2.17. The van der Waals surface area contributed by atoms with Gasteiger partial charge in [-0.15, -0.1) is 0 Å². The molecule has 0 saturated heterocycles. The van der Waals surface area contributed by atoms with Crippen molar-refractivity contribution < 1.29 is 13.2 Å². The van der Waals surface area contributed by atoms with Gasteiger partial charge in [-0.2, -0.15) is 0 Å². The van der Waals surface area contributed by atoms with Gasteiger partial charge in [0.25, 0.3) is 5.91 Å². The molecule has 2 rings (SSSR count). The van der Waals surface area contributed by atoms with Gasteiger partial charge in [-0.25, -0.2) is 8.42 Å². The third-order valence-electron chi connectivity index (χ3n) is 3.78. The molecule has 2 aromatic rings. The fourth-order valence-corrected chi connectivity index (χ4v) is 2.89. The number of hydrogen-bond donors (Lipinski definition) is 1. The average Bonchev–Trinajstić information content (AvgIpc) is 2.54. The summed E-state index contributed by atoms with van der Waals surface area (Å²) in [6, 6.07) is 13.9. The number of nitrogens with one attached hydrogen (secondary N) is 1. The Labute approximate surface area is 137 Å². The van der Waals surface area contributed by atoms with Crippen LogP contribution in [-0.2, 0) is 16.3 Å². The Kier molecular flexibility index (Phi) is 5.21. The van der Waals surface area contributed by atoms with Crippen molar-refractivity contribution in [1.29, 1.82) is 0 Å². The molecule has 0 bridgehead atoms. The van der Waals surface area contributed by atoms with Crippen LogP contribution >= 0.6 is 0 Å². The highest BCUT2D eigenvalue weighted by atomic mass is 32.2. The van der Waals surface area contributed by atoms with E-state index < -0.39 is 9.84 Å². The lowest BCUT2D eigenvalue weighted by molar-refractivity contribution is 0.0940. The molecule has 122 valence electrons. The summed E-state index contributed by atoms with van der Waals surface area (Å²) in [5.41, 5.74) is 2.66. The number of carbonyl (C=O) groups excluding carboxylic acids is 1. The third kappa shape index (κ3) is 4.42. The fourth-order valence-electron chi connectivity index (χ4n) is 2.26. The zero-order chi connectivity index (χ0) is 17.0. The lowest BCUT2D eigenvalue weighted by Gasteiger charge is -2.15. The van der Waals surface area contributed by atoms with Crippen LogP contribution in [0.3, 0.4) is 0 Å². The average molecular weight is 331 g/mol. The minimum absolute atomic E-state index is 0.146. The van der Waals surface area contributed by atoms with E-state index in [0.29, 0.717) is 5.56 Å². The molecule has 2 aromatic carbocycles. The lowest BCUT2D eigenvalue weighted by Crippen LogP contribution is -2.26. The summed E-state index contributed by atoms with van der Waals surface area (Å²) in [5.74, 6) is -0.146. The predicted molar refractivity (Wildman–Crippen MR) is 91.3 cm³/mol. The molecule has 4 nitrogen and oxygen atoms in total. The van der Waals surface area contributed by atoms with E-state index in [1.807, 2.05) is 31.2 Å². The van der Waals surface area contributed by atoms with Crippen LogP contribution in [-0.4, -0.2) is 20.6 Å². The van der Waals surface area contributed by atoms with Crippen molar-refractivity contribution >= 4 is 15.7 Å². The Hall–Kier alpha value is -2.14. The molecule has 0 aromatic heterocycles. The summed E-state index contributed by atoms with van der Waals surface area (Å²) in [7, 11) is -3.21. The van der Waals surface area contributed by atoms with Crippen LogP contribution in [0.1, 0.15) is 41.4 Å². The summed E-state index contributed by atoms with van der Waals surface area (Å²) in [5, 5.41) is 2.92.